The van der Waals surface area contributed by atoms with Gasteiger partial charge in [-0.2, -0.15) is 0 Å². The number of piperidine rings is 1. The Bertz CT molecular complexity index is 470. The van der Waals surface area contributed by atoms with Crippen LogP contribution in [0.4, 0.5) is 0 Å². The first-order valence-electron chi connectivity index (χ1n) is 8.09. The van der Waals surface area contributed by atoms with E-state index in [1.807, 2.05) is 7.05 Å². The van der Waals surface area contributed by atoms with E-state index in [-0.39, 0.29) is 0 Å². The summed E-state index contributed by atoms with van der Waals surface area (Å²) in [7, 11) is 1.99. The molecular formula is C18H28N2O. The standard InChI is InChI=1S/C18H28N2O/c1-14-7-4-5-9-17(14)15(2)11-18(21)20-10-6-8-16(13-20)12-19-3/h4-5,7,9,15-16,19H,6,8,10-13H2,1-3H3/t15-,16-/m0/s1. The number of hydrogen-bond donors (Lipinski definition) is 1. The third-order valence-corrected chi connectivity index (χ3v) is 4.56. The summed E-state index contributed by atoms with van der Waals surface area (Å²) < 4.78 is 0. The monoisotopic (exact) mass is 288 g/mol. The van der Waals surface area contributed by atoms with Crippen molar-refractivity contribution in [3.8, 4) is 0 Å². The number of amides is 1. The second-order valence-corrected chi connectivity index (χ2v) is 6.37. The Morgan fingerprint density at radius 1 is 1.43 bits per heavy atom. The maximum atomic E-state index is 12.5. The molecule has 1 aromatic carbocycles. The molecule has 116 valence electrons. The van der Waals surface area contributed by atoms with Gasteiger partial charge in [0.05, 0.1) is 0 Å². The van der Waals surface area contributed by atoms with Gasteiger partial charge in [-0.3, -0.25) is 4.79 Å². The number of rotatable bonds is 5. The molecule has 1 saturated heterocycles. The number of carbonyl (C=O) groups is 1. The average Bonchev–Trinajstić information content (AvgIpc) is 2.48. The Balaban J connectivity index is 1.93. The number of nitrogens with zero attached hydrogens (tertiary/aromatic N) is 1. The van der Waals surface area contributed by atoms with Crippen LogP contribution in [0.1, 0.15) is 43.2 Å². The zero-order valence-electron chi connectivity index (χ0n) is 13.6. The molecule has 3 nitrogen and oxygen atoms in total. The fourth-order valence-corrected chi connectivity index (χ4v) is 3.39. The molecule has 2 atom stereocenters. The molecule has 3 heteroatoms. The summed E-state index contributed by atoms with van der Waals surface area (Å²) in [4.78, 5) is 14.6. The van der Waals surface area contributed by atoms with Gasteiger partial charge >= 0.3 is 0 Å². The Labute approximate surface area is 128 Å². The number of hydrogen-bond acceptors (Lipinski definition) is 2. The van der Waals surface area contributed by atoms with E-state index in [4.69, 9.17) is 0 Å². The molecule has 1 aromatic rings. The molecule has 1 aliphatic rings. The highest BCUT2D eigenvalue weighted by molar-refractivity contribution is 5.77. The summed E-state index contributed by atoms with van der Waals surface area (Å²) in [6.45, 7) is 7.15. The van der Waals surface area contributed by atoms with Crippen molar-refractivity contribution >= 4 is 5.91 Å². The molecule has 1 heterocycles. The van der Waals surface area contributed by atoms with Gasteiger partial charge in [-0.05, 0) is 56.3 Å². The smallest absolute Gasteiger partial charge is 0.223 e. The van der Waals surface area contributed by atoms with Crippen molar-refractivity contribution in [3.05, 3.63) is 35.4 Å². The highest BCUT2D eigenvalue weighted by Gasteiger charge is 2.24. The van der Waals surface area contributed by atoms with Crippen LogP contribution in [0, 0.1) is 12.8 Å². The molecular weight excluding hydrogens is 260 g/mol. The van der Waals surface area contributed by atoms with Gasteiger partial charge < -0.3 is 10.2 Å². The van der Waals surface area contributed by atoms with Crippen LogP contribution in [0.25, 0.3) is 0 Å². The molecule has 0 aromatic heterocycles. The van der Waals surface area contributed by atoms with Crippen LogP contribution in [0.5, 0.6) is 0 Å². The van der Waals surface area contributed by atoms with Crippen molar-refractivity contribution in [1.82, 2.24) is 10.2 Å². The van der Waals surface area contributed by atoms with Gasteiger partial charge in [-0.1, -0.05) is 31.2 Å². The van der Waals surface area contributed by atoms with Crippen LogP contribution in [0.2, 0.25) is 0 Å². The molecule has 0 aliphatic carbocycles. The minimum atomic E-state index is 0.295. The second-order valence-electron chi connectivity index (χ2n) is 6.37. The number of carbonyl (C=O) groups excluding carboxylic acids is 1. The number of benzene rings is 1. The van der Waals surface area contributed by atoms with E-state index >= 15 is 0 Å². The Morgan fingerprint density at radius 2 is 2.19 bits per heavy atom. The minimum absolute atomic E-state index is 0.295. The van der Waals surface area contributed by atoms with Gasteiger partial charge in [0, 0.05) is 19.5 Å². The molecule has 0 spiro atoms. The lowest BCUT2D eigenvalue weighted by molar-refractivity contribution is -0.133. The fourth-order valence-electron chi connectivity index (χ4n) is 3.39. The molecule has 0 bridgehead atoms. The summed E-state index contributed by atoms with van der Waals surface area (Å²) in [5.41, 5.74) is 2.58. The van der Waals surface area contributed by atoms with Gasteiger partial charge in [0.2, 0.25) is 5.91 Å². The number of likely N-dealkylation sites (tertiary alicyclic amines) is 1. The van der Waals surface area contributed by atoms with Crippen LogP contribution in [-0.2, 0) is 4.79 Å². The van der Waals surface area contributed by atoms with E-state index in [1.54, 1.807) is 0 Å². The third kappa shape index (κ3) is 4.31. The van der Waals surface area contributed by atoms with E-state index in [2.05, 4.69) is 48.3 Å². The summed E-state index contributed by atoms with van der Waals surface area (Å²) in [6, 6.07) is 8.39. The van der Waals surface area contributed by atoms with Crippen LogP contribution >= 0.6 is 0 Å². The average molecular weight is 288 g/mol. The first kappa shape index (κ1) is 16.0. The van der Waals surface area contributed by atoms with Crippen molar-refractivity contribution in [2.75, 3.05) is 26.7 Å². The first-order valence-corrected chi connectivity index (χ1v) is 8.09. The van der Waals surface area contributed by atoms with Gasteiger partial charge in [0.25, 0.3) is 0 Å². The van der Waals surface area contributed by atoms with Gasteiger partial charge in [0.15, 0.2) is 0 Å². The summed E-state index contributed by atoms with van der Waals surface area (Å²) in [5, 5.41) is 3.23. The largest absolute Gasteiger partial charge is 0.342 e. The highest BCUT2D eigenvalue weighted by Crippen LogP contribution is 2.24. The maximum absolute atomic E-state index is 12.5. The Kier molecular flexibility index (Phi) is 5.80. The summed E-state index contributed by atoms with van der Waals surface area (Å²) >= 11 is 0. The second kappa shape index (κ2) is 7.60. The molecule has 2 rings (SSSR count). The highest BCUT2D eigenvalue weighted by atomic mass is 16.2. The van der Waals surface area contributed by atoms with Crippen molar-refractivity contribution < 1.29 is 4.79 Å². The van der Waals surface area contributed by atoms with Crippen LogP contribution < -0.4 is 5.32 Å². The lowest BCUT2D eigenvalue weighted by atomic mass is 9.92. The van der Waals surface area contributed by atoms with Gasteiger partial charge in [0.1, 0.15) is 0 Å². The van der Waals surface area contributed by atoms with E-state index in [0.29, 0.717) is 24.2 Å². The predicted molar refractivity (Wildman–Crippen MR) is 87.4 cm³/mol. The molecule has 1 fully saturated rings. The first-order chi connectivity index (χ1) is 10.1. The Morgan fingerprint density at radius 3 is 2.90 bits per heavy atom. The maximum Gasteiger partial charge on any atom is 0.223 e. The quantitative estimate of drug-likeness (QED) is 0.903. The van der Waals surface area contributed by atoms with Crippen LogP contribution in [0.3, 0.4) is 0 Å². The van der Waals surface area contributed by atoms with Gasteiger partial charge in [-0.15, -0.1) is 0 Å². The fraction of sp³-hybridized carbons (Fsp3) is 0.611. The summed E-state index contributed by atoms with van der Waals surface area (Å²) in [6.07, 6.45) is 2.99. The van der Waals surface area contributed by atoms with Crippen molar-refractivity contribution in [2.45, 2.75) is 39.0 Å². The van der Waals surface area contributed by atoms with Crippen molar-refractivity contribution in [3.63, 3.8) is 0 Å². The van der Waals surface area contributed by atoms with E-state index in [1.165, 1.54) is 17.5 Å². The summed E-state index contributed by atoms with van der Waals surface area (Å²) in [5.74, 6) is 1.22. The lowest BCUT2D eigenvalue weighted by Gasteiger charge is -2.33. The zero-order valence-corrected chi connectivity index (χ0v) is 13.6. The third-order valence-electron chi connectivity index (χ3n) is 4.56. The molecule has 21 heavy (non-hydrogen) atoms. The SMILES string of the molecule is CNC[C@@H]1CCCN(C(=O)C[C@H](C)c2ccccc2C)C1. The van der Waals surface area contributed by atoms with Crippen LogP contribution in [-0.4, -0.2) is 37.5 Å². The molecule has 1 amide bonds. The Hall–Kier alpha value is -1.35. The van der Waals surface area contributed by atoms with E-state index in [9.17, 15) is 4.79 Å². The van der Waals surface area contributed by atoms with Gasteiger partial charge in [-0.25, -0.2) is 0 Å². The topological polar surface area (TPSA) is 32.3 Å². The molecule has 0 saturated carbocycles. The van der Waals surface area contributed by atoms with E-state index < -0.39 is 0 Å². The molecule has 0 radical (unpaired) electrons. The van der Waals surface area contributed by atoms with Crippen LogP contribution in [0.15, 0.2) is 24.3 Å². The number of aryl methyl sites for hydroxylation is 1. The molecule has 0 unspecified atom stereocenters. The predicted octanol–water partition coefficient (Wildman–Crippen LogP) is 2.95. The van der Waals surface area contributed by atoms with Crippen molar-refractivity contribution in [2.24, 2.45) is 5.92 Å². The molecule has 1 N–H and O–H groups in total. The molecule has 1 aliphatic heterocycles. The zero-order chi connectivity index (χ0) is 15.2. The van der Waals surface area contributed by atoms with E-state index in [0.717, 1.165) is 26.1 Å². The minimum Gasteiger partial charge on any atom is -0.342 e. The van der Waals surface area contributed by atoms with Crippen molar-refractivity contribution in [1.29, 1.82) is 0 Å². The lowest BCUT2D eigenvalue weighted by Crippen LogP contribution is -2.42. The number of nitrogens with one attached hydrogen (secondary N) is 1. The normalized spacial score (nSPS) is 20.3.